The number of carbonyl (C=O) groups is 1. The van der Waals surface area contributed by atoms with Crippen molar-refractivity contribution in [3.63, 3.8) is 0 Å². The zero-order valence-corrected chi connectivity index (χ0v) is 14.7. The third-order valence-corrected chi connectivity index (χ3v) is 3.88. The van der Waals surface area contributed by atoms with E-state index in [2.05, 4.69) is 4.98 Å². The summed E-state index contributed by atoms with van der Waals surface area (Å²) in [6.45, 7) is 2.98. The molecule has 2 aromatic heterocycles. The molecule has 0 spiro atoms. The topological polar surface area (TPSA) is 89.6 Å². The highest BCUT2D eigenvalue weighted by molar-refractivity contribution is 6.22. The number of halogens is 1. The lowest BCUT2D eigenvalue weighted by atomic mass is 9.96. The molecule has 0 amide bonds. The number of ether oxygens (including phenoxy) is 1. The van der Waals surface area contributed by atoms with Gasteiger partial charge in [0.1, 0.15) is 22.8 Å². The van der Waals surface area contributed by atoms with Crippen molar-refractivity contribution in [2.24, 2.45) is 0 Å². The van der Waals surface area contributed by atoms with Crippen LogP contribution in [-0.2, 0) is 9.53 Å². The Balaban J connectivity index is 2.49. The van der Waals surface area contributed by atoms with Gasteiger partial charge in [0.15, 0.2) is 5.76 Å². The summed E-state index contributed by atoms with van der Waals surface area (Å²) in [5.74, 6) is -1.85. The van der Waals surface area contributed by atoms with Crippen LogP contribution in [0.25, 0.3) is 27.8 Å². The number of aliphatic hydroxyl groups is 1. The van der Waals surface area contributed by atoms with Crippen molar-refractivity contribution in [2.75, 3.05) is 6.61 Å². The third kappa shape index (κ3) is 3.44. The van der Waals surface area contributed by atoms with Crippen LogP contribution in [0.3, 0.4) is 0 Å². The molecule has 0 saturated heterocycles. The Labute approximate surface area is 153 Å². The van der Waals surface area contributed by atoms with Gasteiger partial charge < -0.3 is 14.3 Å². The fourth-order valence-electron chi connectivity index (χ4n) is 2.78. The van der Waals surface area contributed by atoms with E-state index in [1.807, 2.05) is 0 Å². The van der Waals surface area contributed by atoms with Gasteiger partial charge in [-0.25, -0.2) is 14.0 Å². The molecule has 0 saturated carbocycles. The van der Waals surface area contributed by atoms with E-state index in [1.165, 1.54) is 19.2 Å². The maximum atomic E-state index is 14.0. The largest absolute Gasteiger partial charge is 0.512 e. The van der Waals surface area contributed by atoms with E-state index in [0.29, 0.717) is 0 Å². The predicted molar refractivity (Wildman–Crippen MR) is 97.5 cm³/mol. The van der Waals surface area contributed by atoms with Crippen molar-refractivity contribution in [2.45, 2.75) is 13.8 Å². The molecule has 0 bridgehead atoms. The number of aromatic nitrogens is 1. The maximum absolute atomic E-state index is 14.0. The lowest BCUT2D eigenvalue weighted by Gasteiger charge is -2.14. The van der Waals surface area contributed by atoms with Crippen LogP contribution in [0.4, 0.5) is 4.39 Å². The Hall–Kier alpha value is -3.48. The van der Waals surface area contributed by atoms with Crippen LogP contribution in [0.5, 0.6) is 0 Å². The molecule has 6 nitrogen and oxygen atoms in total. The van der Waals surface area contributed by atoms with E-state index in [1.54, 1.807) is 25.1 Å². The number of rotatable bonds is 4. The lowest BCUT2D eigenvalue weighted by Crippen LogP contribution is -2.13. The molecule has 0 aliphatic carbocycles. The molecule has 0 radical (unpaired) electrons. The van der Waals surface area contributed by atoms with E-state index in [-0.39, 0.29) is 45.7 Å². The Kier molecular flexibility index (Phi) is 5.03. The van der Waals surface area contributed by atoms with Crippen LogP contribution in [0.2, 0.25) is 0 Å². The quantitative estimate of drug-likeness (QED) is 0.427. The molecule has 0 unspecified atom stereocenters. The van der Waals surface area contributed by atoms with Gasteiger partial charge in [0.25, 0.3) is 0 Å². The lowest BCUT2D eigenvalue weighted by molar-refractivity contribution is -0.136. The fraction of sp³-hybridized carbons (Fsp3) is 0.150. The van der Waals surface area contributed by atoms with E-state index >= 15 is 0 Å². The van der Waals surface area contributed by atoms with Gasteiger partial charge in [-0.1, -0.05) is 6.07 Å². The van der Waals surface area contributed by atoms with Crippen molar-refractivity contribution < 1.29 is 23.4 Å². The molecule has 3 rings (SSSR count). The highest BCUT2D eigenvalue weighted by Gasteiger charge is 2.27. The predicted octanol–water partition coefficient (Wildman–Crippen LogP) is 3.85. The molecule has 0 aliphatic rings. The van der Waals surface area contributed by atoms with Gasteiger partial charge >= 0.3 is 11.6 Å². The van der Waals surface area contributed by atoms with E-state index in [4.69, 9.17) is 9.15 Å². The SMILES string of the molecule is CCOC(=O)/C(=C(\C)O)c1c(-c2ccccn2)oc(=O)c2ccc(F)cc12. The average molecular weight is 369 g/mol. The summed E-state index contributed by atoms with van der Waals surface area (Å²) in [5.41, 5.74) is -0.648. The van der Waals surface area contributed by atoms with Crippen molar-refractivity contribution in [1.29, 1.82) is 0 Å². The Morgan fingerprint density at radius 2 is 2.04 bits per heavy atom. The highest BCUT2D eigenvalue weighted by atomic mass is 19.1. The van der Waals surface area contributed by atoms with Gasteiger partial charge in [-0.05, 0) is 44.2 Å². The molecule has 0 fully saturated rings. The van der Waals surface area contributed by atoms with Crippen LogP contribution in [0, 0.1) is 5.82 Å². The summed E-state index contributed by atoms with van der Waals surface area (Å²) in [6.07, 6.45) is 1.48. The van der Waals surface area contributed by atoms with Crippen LogP contribution >= 0.6 is 0 Å². The van der Waals surface area contributed by atoms with E-state index in [9.17, 15) is 19.1 Å². The second-order valence-electron chi connectivity index (χ2n) is 5.68. The number of aliphatic hydroxyl groups excluding tert-OH is 1. The van der Waals surface area contributed by atoms with Gasteiger partial charge in [0, 0.05) is 17.1 Å². The van der Waals surface area contributed by atoms with Crippen LogP contribution in [0.1, 0.15) is 19.4 Å². The fourth-order valence-corrected chi connectivity index (χ4v) is 2.78. The molecular formula is C20H16FNO5. The van der Waals surface area contributed by atoms with Gasteiger partial charge in [-0.3, -0.25) is 4.98 Å². The number of hydrogen-bond acceptors (Lipinski definition) is 6. The van der Waals surface area contributed by atoms with Gasteiger partial charge in [-0.2, -0.15) is 0 Å². The Bertz CT molecular complexity index is 1100. The molecule has 2 heterocycles. The van der Waals surface area contributed by atoms with Crippen molar-refractivity contribution in [3.05, 3.63) is 70.2 Å². The molecule has 7 heteroatoms. The number of nitrogens with zero attached hydrogens (tertiary/aromatic N) is 1. The van der Waals surface area contributed by atoms with Crippen LogP contribution < -0.4 is 5.63 Å². The van der Waals surface area contributed by atoms with Crippen molar-refractivity contribution in [1.82, 2.24) is 4.98 Å². The number of benzene rings is 1. The van der Waals surface area contributed by atoms with Crippen LogP contribution in [0.15, 0.2) is 57.6 Å². The second kappa shape index (κ2) is 7.41. The minimum absolute atomic E-state index is 0.0428. The second-order valence-corrected chi connectivity index (χ2v) is 5.68. The monoisotopic (exact) mass is 369 g/mol. The van der Waals surface area contributed by atoms with E-state index in [0.717, 1.165) is 12.1 Å². The van der Waals surface area contributed by atoms with E-state index < -0.39 is 17.4 Å². The van der Waals surface area contributed by atoms with Crippen molar-refractivity contribution >= 4 is 22.3 Å². The zero-order chi connectivity index (χ0) is 19.6. The molecule has 0 atom stereocenters. The first-order chi connectivity index (χ1) is 12.9. The first-order valence-corrected chi connectivity index (χ1v) is 8.19. The summed E-state index contributed by atoms with van der Waals surface area (Å²) < 4.78 is 24.4. The zero-order valence-electron chi connectivity index (χ0n) is 14.7. The molecule has 1 N–H and O–H groups in total. The first-order valence-electron chi connectivity index (χ1n) is 8.19. The molecule has 0 aliphatic heterocycles. The summed E-state index contributed by atoms with van der Waals surface area (Å²) in [6, 6.07) is 8.39. The summed E-state index contributed by atoms with van der Waals surface area (Å²) in [5, 5.41) is 10.4. The van der Waals surface area contributed by atoms with Crippen molar-refractivity contribution in [3.8, 4) is 11.5 Å². The third-order valence-electron chi connectivity index (χ3n) is 3.88. The molecule has 27 heavy (non-hydrogen) atoms. The molecule has 138 valence electrons. The summed E-state index contributed by atoms with van der Waals surface area (Å²) in [4.78, 5) is 29.1. The first kappa shape index (κ1) is 18.3. The molecule has 1 aromatic carbocycles. The van der Waals surface area contributed by atoms with Gasteiger partial charge in [0.2, 0.25) is 0 Å². The number of hydrogen-bond donors (Lipinski definition) is 1. The highest BCUT2D eigenvalue weighted by Crippen LogP contribution is 2.35. The molecular weight excluding hydrogens is 353 g/mol. The number of allylic oxidation sites excluding steroid dienone is 1. The summed E-state index contributed by atoms with van der Waals surface area (Å²) >= 11 is 0. The minimum Gasteiger partial charge on any atom is -0.512 e. The number of carbonyl (C=O) groups excluding carboxylic acids is 1. The smallest absolute Gasteiger partial charge is 0.344 e. The Morgan fingerprint density at radius 3 is 2.67 bits per heavy atom. The Morgan fingerprint density at radius 1 is 1.26 bits per heavy atom. The number of esters is 1. The van der Waals surface area contributed by atoms with Crippen LogP contribution in [-0.4, -0.2) is 22.7 Å². The number of fused-ring (bicyclic) bond motifs is 1. The number of pyridine rings is 1. The van der Waals surface area contributed by atoms with Gasteiger partial charge in [-0.15, -0.1) is 0 Å². The normalized spacial score (nSPS) is 12.0. The maximum Gasteiger partial charge on any atom is 0.344 e. The average Bonchev–Trinajstić information content (AvgIpc) is 2.64. The van der Waals surface area contributed by atoms with Gasteiger partial charge in [0.05, 0.1) is 12.0 Å². The molecule has 3 aromatic rings. The minimum atomic E-state index is -0.825. The standard InChI is InChI=1S/C20H16FNO5/c1-3-26-20(25)16(11(2)23)17-14-10-12(21)7-8-13(14)19(24)27-18(17)15-6-4-5-9-22-15/h4-10,23H,3H2,1-2H3/b16-11+. The summed E-state index contributed by atoms with van der Waals surface area (Å²) in [7, 11) is 0.